The Kier molecular flexibility index (Phi) is 4.97. The summed E-state index contributed by atoms with van der Waals surface area (Å²) in [7, 11) is 0. The van der Waals surface area contributed by atoms with Gasteiger partial charge >= 0.3 is 5.69 Å². The van der Waals surface area contributed by atoms with Gasteiger partial charge in [-0.15, -0.1) is 5.10 Å². The van der Waals surface area contributed by atoms with Crippen molar-refractivity contribution in [1.82, 2.24) is 24.5 Å². The van der Waals surface area contributed by atoms with Crippen LogP contribution in [-0.4, -0.2) is 43.6 Å². The second-order valence-corrected chi connectivity index (χ2v) is 8.10. The second-order valence-electron chi connectivity index (χ2n) is 7.26. The molecule has 1 N–H and O–H groups in total. The second kappa shape index (κ2) is 7.26. The highest BCUT2D eigenvalue weighted by Crippen LogP contribution is 2.30. The lowest BCUT2D eigenvalue weighted by atomic mass is 9.95. The molecule has 3 aromatic rings. The van der Waals surface area contributed by atoms with Gasteiger partial charge in [0, 0.05) is 28.6 Å². The van der Waals surface area contributed by atoms with Crippen LogP contribution in [-0.2, 0) is 0 Å². The third-order valence-corrected chi connectivity index (χ3v) is 5.75. The molecule has 1 aromatic carbocycles. The molecule has 0 atom stereocenters. The number of nitrogens with one attached hydrogen (secondary N) is 1. The van der Waals surface area contributed by atoms with E-state index >= 15 is 0 Å². The van der Waals surface area contributed by atoms with E-state index in [0.29, 0.717) is 33.0 Å². The van der Waals surface area contributed by atoms with Crippen molar-refractivity contribution in [3.8, 4) is 11.3 Å². The summed E-state index contributed by atoms with van der Waals surface area (Å²) in [5.41, 5.74) is 1.51. The van der Waals surface area contributed by atoms with Crippen LogP contribution in [0, 0.1) is 0 Å². The van der Waals surface area contributed by atoms with Gasteiger partial charge in [0.1, 0.15) is 0 Å². The van der Waals surface area contributed by atoms with Crippen molar-refractivity contribution in [3.63, 3.8) is 0 Å². The van der Waals surface area contributed by atoms with Crippen molar-refractivity contribution in [1.29, 1.82) is 0 Å². The molecular weight excluding hydrogens is 385 g/mol. The number of hydrogen-bond acceptors (Lipinski definition) is 4. The molecule has 1 aliphatic rings. The van der Waals surface area contributed by atoms with E-state index < -0.39 is 0 Å². The average Bonchev–Trinajstić information content (AvgIpc) is 3.06. The van der Waals surface area contributed by atoms with E-state index in [2.05, 4.69) is 33.8 Å². The summed E-state index contributed by atoms with van der Waals surface area (Å²) >= 11 is 12.2. The van der Waals surface area contributed by atoms with E-state index in [4.69, 9.17) is 23.2 Å². The van der Waals surface area contributed by atoms with Crippen LogP contribution in [0.3, 0.4) is 0 Å². The van der Waals surface area contributed by atoms with Gasteiger partial charge in [-0.05, 0) is 58.0 Å². The van der Waals surface area contributed by atoms with E-state index in [1.807, 2.05) is 0 Å². The number of hydrogen-bond donors (Lipinski definition) is 1. The van der Waals surface area contributed by atoms with Gasteiger partial charge in [0.05, 0.1) is 10.7 Å². The van der Waals surface area contributed by atoms with Gasteiger partial charge in [-0.2, -0.15) is 4.52 Å². The molecule has 142 valence electrons. The first-order chi connectivity index (χ1) is 12.9. The maximum absolute atomic E-state index is 12.5. The molecule has 0 amide bonds. The molecule has 1 fully saturated rings. The fourth-order valence-corrected chi connectivity index (χ4v) is 4.13. The van der Waals surface area contributed by atoms with Gasteiger partial charge in [-0.25, -0.2) is 9.78 Å². The van der Waals surface area contributed by atoms with Gasteiger partial charge < -0.3 is 9.88 Å². The lowest BCUT2D eigenvalue weighted by Crippen LogP contribution is -2.38. The molecule has 0 spiro atoms. The molecule has 0 radical (unpaired) electrons. The topological polar surface area (TPSA) is 66.3 Å². The predicted molar refractivity (Wildman–Crippen MR) is 108 cm³/mol. The highest BCUT2D eigenvalue weighted by Gasteiger charge is 2.25. The van der Waals surface area contributed by atoms with Crippen molar-refractivity contribution in [2.45, 2.75) is 38.6 Å². The summed E-state index contributed by atoms with van der Waals surface area (Å²) in [4.78, 5) is 22.5. The number of likely N-dealkylation sites (tertiary alicyclic amines) is 1. The minimum Gasteiger partial charge on any atom is -0.305 e. The zero-order chi connectivity index (χ0) is 19.1. The standard InChI is InChI=1S/C19H21Cl2N5O/c1-11(2)25-7-5-12(6-8-25)18-23-17-10-16(22-19(27)26(17)24-18)14-4-3-13(20)9-15(14)21/h3-4,9-12H,5-8H2,1-2H3,(H,22,27). The number of halogens is 2. The third kappa shape index (κ3) is 3.61. The van der Waals surface area contributed by atoms with E-state index in [1.54, 1.807) is 24.3 Å². The number of H-pyrrole nitrogens is 1. The SMILES string of the molecule is CC(C)N1CCC(c2nc3cc(-c4ccc(Cl)cc4Cl)[nH]c(=O)n3n2)CC1. The van der Waals surface area contributed by atoms with Crippen LogP contribution < -0.4 is 5.69 Å². The maximum atomic E-state index is 12.5. The number of nitrogens with zero attached hydrogens (tertiary/aromatic N) is 4. The first-order valence-electron chi connectivity index (χ1n) is 9.12. The minimum atomic E-state index is -0.327. The molecule has 0 saturated carbocycles. The Bertz CT molecular complexity index is 1030. The monoisotopic (exact) mass is 405 g/mol. The van der Waals surface area contributed by atoms with Crippen LogP contribution in [0.1, 0.15) is 38.4 Å². The lowest BCUT2D eigenvalue weighted by Gasteiger charge is -2.33. The zero-order valence-electron chi connectivity index (χ0n) is 15.2. The predicted octanol–water partition coefficient (Wildman–Crippen LogP) is 3.98. The van der Waals surface area contributed by atoms with Gasteiger partial charge in [0.25, 0.3) is 0 Å². The molecule has 0 aliphatic carbocycles. The first kappa shape index (κ1) is 18.5. The van der Waals surface area contributed by atoms with Crippen molar-refractivity contribution in [2.75, 3.05) is 13.1 Å². The normalized spacial score (nSPS) is 16.5. The van der Waals surface area contributed by atoms with Gasteiger partial charge in [-0.3, -0.25) is 0 Å². The summed E-state index contributed by atoms with van der Waals surface area (Å²) in [5, 5.41) is 5.49. The van der Waals surface area contributed by atoms with Gasteiger partial charge in [0.2, 0.25) is 0 Å². The summed E-state index contributed by atoms with van der Waals surface area (Å²) < 4.78 is 1.33. The van der Waals surface area contributed by atoms with E-state index in [-0.39, 0.29) is 11.6 Å². The Morgan fingerprint density at radius 3 is 2.59 bits per heavy atom. The van der Waals surface area contributed by atoms with E-state index in [9.17, 15) is 4.79 Å². The maximum Gasteiger partial charge on any atom is 0.348 e. The van der Waals surface area contributed by atoms with Crippen molar-refractivity contribution in [2.24, 2.45) is 0 Å². The fourth-order valence-electron chi connectivity index (χ4n) is 3.62. The van der Waals surface area contributed by atoms with Crippen molar-refractivity contribution >= 4 is 28.8 Å². The van der Waals surface area contributed by atoms with E-state index in [0.717, 1.165) is 31.8 Å². The smallest absolute Gasteiger partial charge is 0.305 e. The molecule has 8 heteroatoms. The third-order valence-electron chi connectivity index (χ3n) is 5.20. The van der Waals surface area contributed by atoms with Crippen LogP contribution in [0.15, 0.2) is 29.1 Å². The molecule has 0 bridgehead atoms. The van der Waals surface area contributed by atoms with Crippen LogP contribution in [0.25, 0.3) is 16.9 Å². The summed E-state index contributed by atoms with van der Waals surface area (Å²) in [6.45, 7) is 6.48. The van der Waals surface area contributed by atoms with Crippen molar-refractivity contribution in [3.05, 3.63) is 50.6 Å². The Labute approximate surface area is 167 Å². The van der Waals surface area contributed by atoms with E-state index in [1.165, 1.54) is 4.52 Å². The van der Waals surface area contributed by atoms with Gasteiger partial charge in [-0.1, -0.05) is 23.2 Å². The molecule has 4 rings (SSSR count). The number of aromatic nitrogens is 4. The summed E-state index contributed by atoms with van der Waals surface area (Å²) in [5.74, 6) is 1.02. The Morgan fingerprint density at radius 2 is 1.93 bits per heavy atom. The van der Waals surface area contributed by atoms with Crippen LogP contribution in [0.5, 0.6) is 0 Å². The van der Waals surface area contributed by atoms with Gasteiger partial charge in [0.15, 0.2) is 11.5 Å². The Balaban J connectivity index is 1.67. The Hall–Kier alpha value is -1.89. The molecule has 27 heavy (non-hydrogen) atoms. The number of benzene rings is 1. The summed E-state index contributed by atoms with van der Waals surface area (Å²) in [6, 6.07) is 7.53. The zero-order valence-corrected chi connectivity index (χ0v) is 16.8. The lowest BCUT2D eigenvalue weighted by molar-refractivity contribution is 0.169. The minimum absolute atomic E-state index is 0.280. The molecule has 0 unspecified atom stereocenters. The molecule has 3 heterocycles. The van der Waals surface area contributed by atoms with Crippen molar-refractivity contribution < 1.29 is 0 Å². The van der Waals surface area contributed by atoms with Crippen LogP contribution in [0.4, 0.5) is 0 Å². The average molecular weight is 406 g/mol. The summed E-state index contributed by atoms with van der Waals surface area (Å²) in [6.07, 6.45) is 2.01. The first-order valence-corrected chi connectivity index (χ1v) is 9.87. The fraction of sp³-hybridized carbons (Fsp3) is 0.421. The van der Waals surface area contributed by atoms with Crippen LogP contribution >= 0.6 is 23.2 Å². The quantitative estimate of drug-likeness (QED) is 0.715. The number of piperidine rings is 1. The number of rotatable bonds is 3. The highest BCUT2D eigenvalue weighted by atomic mass is 35.5. The molecule has 1 aliphatic heterocycles. The molecule has 2 aromatic heterocycles. The molecular formula is C19H21Cl2N5O. The molecule has 1 saturated heterocycles. The highest BCUT2D eigenvalue weighted by molar-refractivity contribution is 6.36. The molecule has 6 nitrogen and oxygen atoms in total. The largest absolute Gasteiger partial charge is 0.348 e. The Morgan fingerprint density at radius 1 is 1.19 bits per heavy atom. The van der Waals surface area contributed by atoms with Crippen LogP contribution in [0.2, 0.25) is 10.0 Å². The number of aromatic amines is 1. The number of fused-ring (bicyclic) bond motifs is 1.